The van der Waals surface area contributed by atoms with Crippen LogP contribution in [0.2, 0.25) is 5.02 Å². The fourth-order valence-corrected chi connectivity index (χ4v) is 4.19. The number of carbonyl (C=O) groups excluding carboxylic acids is 1. The van der Waals surface area contributed by atoms with Gasteiger partial charge in [0.25, 0.3) is 5.91 Å². The Morgan fingerprint density at radius 3 is 2.39 bits per heavy atom. The van der Waals surface area contributed by atoms with Gasteiger partial charge in [-0.05, 0) is 66.9 Å². The number of carbonyl (C=O) groups is 1. The lowest BCUT2D eigenvalue weighted by atomic mass is 10.1. The standard InChI is InChI=1S/C23H19ClN2OS/c1-15-12-20-21(13-16(15)2)28-23(25-20)26(14-17-6-4-3-5-7-17)22(27)18-8-10-19(24)11-9-18/h3-13H,14H2,1-2H3. The molecule has 0 unspecified atom stereocenters. The zero-order valence-electron chi connectivity index (χ0n) is 15.6. The molecular formula is C23H19ClN2OS. The van der Waals surface area contributed by atoms with Gasteiger partial charge in [-0.25, -0.2) is 4.98 Å². The van der Waals surface area contributed by atoms with Gasteiger partial charge in [0.15, 0.2) is 5.13 Å². The Morgan fingerprint density at radius 1 is 1.00 bits per heavy atom. The number of hydrogen-bond donors (Lipinski definition) is 0. The van der Waals surface area contributed by atoms with Crippen LogP contribution >= 0.6 is 22.9 Å². The van der Waals surface area contributed by atoms with E-state index in [0.717, 1.165) is 15.8 Å². The number of amides is 1. The predicted octanol–water partition coefficient (Wildman–Crippen LogP) is 6.41. The van der Waals surface area contributed by atoms with Crippen molar-refractivity contribution in [1.29, 1.82) is 0 Å². The number of benzene rings is 3. The van der Waals surface area contributed by atoms with Crippen LogP contribution in [0.5, 0.6) is 0 Å². The Balaban J connectivity index is 1.78. The molecule has 4 aromatic rings. The minimum atomic E-state index is -0.0898. The molecule has 28 heavy (non-hydrogen) atoms. The molecule has 1 amide bonds. The summed E-state index contributed by atoms with van der Waals surface area (Å²) in [5.41, 5.74) is 4.98. The van der Waals surface area contributed by atoms with Gasteiger partial charge in [0.05, 0.1) is 16.8 Å². The smallest absolute Gasteiger partial charge is 0.260 e. The van der Waals surface area contributed by atoms with Gasteiger partial charge in [0, 0.05) is 10.6 Å². The minimum absolute atomic E-state index is 0.0898. The second-order valence-electron chi connectivity index (χ2n) is 6.78. The average Bonchev–Trinajstić information content (AvgIpc) is 3.09. The van der Waals surface area contributed by atoms with Gasteiger partial charge in [-0.3, -0.25) is 9.69 Å². The normalized spacial score (nSPS) is 11.0. The fraction of sp³-hybridized carbons (Fsp3) is 0.130. The third kappa shape index (κ3) is 3.79. The van der Waals surface area contributed by atoms with Crippen molar-refractivity contribution in [1.82, 2.24) is 4.98 Å². The molecule has 0 N–H and O–H groups in total. The molecule has 0 fully saturated rings. The highest BCUT2D eigenvalue weighted by Crippen LogP contribution is 2.32. The summed E-state index contributed by atoms with van der Waals surface area (Å²) in [4.78, 5) is 19.8. The van der Waals surface area contributed by atoms with E-state index in [1.807, 2.05) is 30.3 Å². The first kappa shape index (κ1) is 18.7. The number of halogens is 1. The van der Waals surface area contributed by atoms with Crippen molar-refractivity contribution >= 4 is 44.2 Å². The predicted molar refractivity (Wildman–Crippen MR) is 118 cm³/mol. The van der Waals surface area contributed by atoms with Gasteiger partial charge >= 0.3 is 0 Å². The molecule has 5 heteroatoms. The lowest BCUT2D eigenvalue weighted by Crippen LogP contribution is -2.30. The van der Waals surface area contributed by atoms with E-state index in [9.17, 15) is 4.79 Å². The highest BCUT2D eigenvalue weighted by molar-refractivity contribution is 7.22. The van der Waals surface area contributed by atoms with Crippen molar-refractivity contribution in [2.24, 2.45) is 0 Å². The zero-order valence-corrected chi connectivity index (χ0v) is 17.2. The molecule has 0 aliphatic heterocycles. The third-order valence-corrected chi connectivity index (χ3v) is 6.04. The Kier molecular flexibility index (Phi) is 5.16. The molecule has 3 aromatic carbocycles. The second kappa shape index (κ2) is 7.74. The molecule has 0 radical (unpaired) electrons. The molecule has 0 spiro atoms. The van der Waals surface area contributed by atoms with Crippen LogP contribution in [-0.4, -0.2) is 10.9 Å². The molecule has 0 bridgehead atoms. The van der Waals surface area contributed by atoms with Crippen LogP contribution in [0.15, 0.2) is 66.7 Å². The Morgan fingerprint density at radius 2 is 1.68 bits per heavy atom. The SMILES string of the molecule is Cc1cc2nc(N(Cc3ccccc3)C(=O)c3ccc(Cl)cc3)sc2cc1C. The van der Waals surface area contributed by atoms with Crippen LogP contribution in [0, 0.1) is 13.8 Å². The summed E-state index contributed by atoms with van der Waals surface area (Å²) in [5.74, 6) is -0.0898. The molecule has 1 heterocycles. The first-order chi connectivity index (χ1) is 13.5. The molecule has 0 saturated carbocycles. The Labute approximate surface area is 173 Å². The van der Waals surface area contributed by atoms with Crippen molar-refractivity contribution in [3.8, 4) is 0 Å². The highest BCUT2D eigenvalue weighted by Gasteiger charge is 2.22. The molecule has 1 aromatic heterocycles. The number of nitrogens with zero attached hydrogens (tertiary/aromatic N) is 2. The first-order valence-corrected chi connectivity index (χ1v) is 10.2. The minimum Gasteiger partial charge on any atom is -0.279 e. The molecule has 140 valence electrons. The van der Waals surface area contributed by atoms with E-state index in [1.54, 1.807) is 40.5 Å². The molecular weight excluding hydrogens is 388 g/mol. The van der Waals surface area contributed by atoms with E-state index in [1.165, 1.54) is 11.1 Å². The number of thiazole rings is 1. The Hall–Kier alpha value is -2.69. The van der Waals surface area contributed by atoms with Crippen molar-refractivity contribution in [2.45, 2.75) is 20.4 Å². The quantitative estimate of drug-likeness (QED) is 0.392. The maximum absolute atomic E-state index is 13.3. The summed E-state index contributed by atoms with van der Waals surface area (Å²) in [7, 11) is 0. The van der Waals surface area contributed by atoms with Crippen LogP contribution in [0.25, 0.3) is 10.2 Å². The van der Waals surface area contributed by atoms with Crippen LogP contribution in [0.3, 0.4) is 0 Å². The van der Waals surface area contributed by atoms with Crippen LogP contribution < -0.4 is 4.90 Å². The molecule has 0 aliphatic rings. The van der Waals surface area contributed by atoms with E-state index < -0.39 is 0 Å². The molecule has 3 nitrogen and oxygen atoms in total. The Bertz CT molecular complexity index is 1100. The average molecular weight is 407 g/mol. The van der Waals surface area contributed by atoms with E-state index in [-0.39, 0.29) is 5.91 Å². The van der Waals surface area contributed by atoms with E-state index >= 15 is 0 Å². The molecule has 0 saturated heterocycles. The van der Waals surface area contributed by atoms with Gasteiger partial charge in [-0.2, -0.15) is 0 Å². The molecule has 4 rings (SSSR count). The highest BCUT2D eigenvalue weighted by atomic mass is 35.5. The van der Waals surface area contributed by atoms with Crippen molar-refractivity contribution in [2.75, 3.05) is 4.90 Å². The number of rotatable bonds is 4. The molecule has 0 atom stereocenters. The van der Waals surface area contributed by atoms with Crippen LogP contribution in [0.4, 0.5) is 5.13 Å². The lowest BCUT2D eigenvalue weighted by Gasteiger charge is -2.20. The fourth-order valence-electron chi connectivity index (χ4n) is 3.02. The van der Waals surface area contributed by atoms with Crippen molar-refractivity contribution < 1.29 is 4.79 Å². The van der Waals surface area contributed by atoms with Crippen molar-refractivity contribution in [3.05, 3.63) is 94.0 Å². The van der Waals surface area contributed by atoms with Gasteiger partial charge < -0.3 is 0 Å². The van der Waals surface area contributed by atoms with E-state index in [2.05, 4.69) is 26.0 Å². The van der Waals surface area contributed by atoms with Gasteiger partial charge in [0.1, 0.15) is 0 Å². The first-order valence-electron chi connectivity index (χ1n) is 9.00. The van der Waals surface area contributed by atoms with E-state index in [4.69, 9.17) is 16.6 Å². The summed E-state index contributed by atoms with van der Waals surface area (Å²) < 4.78 is 1.08. The molecule has 0 aliphatic carbocycles. The number of fused-ring (bicyclic) bond motifs is 1. The number of anilines is 1. The maximum atomic E-state index is 13.3. The van der Waals surface area contributed by atoms with Crippen LogP contribution in [-0.2, 0) is 6.54 Å². The summed E-state index contributed by atoms with van der Waals surface area (Å²) in [6, 6.07) is 21.2. The number of hydrogen-bond acceptors (Lipinski definition) is 3. The summed E-state index contributed by atoms with van der Waals surface area (Å²) in [5, 5.41) is 1.31. The second-order valence-corrected chi connectivity index (χ2v) is 8.23. The monoisotopic (exact) mass is 406 g/mol. The van der Waals surface area contributed by atoms with E-state index in [0.29, 0.717) is 22.3 Å². The zero-order chi connectivity index (χ0) is 19.7. The maximum Gasteiger partial charge on any atom is 0.260 e. The van der Waals surface area contributed by atoms with Crippen molar-refractivity contribution in [3.63, 3.8) is 0 Å². The van der Waals surface area contributed by atoms with Crippen LogP contribution in [0.1, 0.15) is 27.0 Å². The summed E-state index contributed by atoms with van der Waals surface area (Å²) in [6.07, 6.45) is 0. The lowest BCUT2D eigenvalue weighted by molar-refractivity contribution is 0.0985. The number of aromatic nitrogens is 1. The van der Waals surface area contributed by atoms with Gasteiger partial charge in [0.2, 0.25) is 0 Å². The third-order valence-electron chi connectivity index (χ3n) is 4.74. The van der Waals surface area contributed by atoms with Gasteiger partial charge in [-0.1, -0.05) is 53.3 Å². The topological polar surface area (TPSA) is 33.2 Å². The summed E-state index contributed by atoms with van der Waals surface area (Å²) in [6.45, 7) is 4.63. The largest absolute Gasteiger partial charge is 0.279 e. The van der Waals surface area contributed by atoms with Gasteiger partial charge in [-0.15, -0.1) is 0 Å². The number of aryl methyl sites for hydroxylation is 2. The summed E-state index contributed by atoms with van der Waals surface area (Å²) >= 11 is 7.53.